The van der Waals surface area contributed by atoms with E-state index in [1.807, 2.05) is 37.3 Å². The topological polar surface area (TPSA) is 44.1 Å². The average Bonchev–Trinajstić information content (AvgIpc) is 2.83. The number of rotatable bonds is 6. The minimum absolute atomic E-state index is 0.113. The summed E-state index contributed by atoms with van der Waals surface area (Å²) < 4.78 is 6.93. The third-order valence-electron chi connectivity index (χ3n) is 3.02. The molecule has 0 aliphatic rings. The smallest absolute Gasteiger partial charge is 0.153 e. The van der Waals surface area contributed by atoms with Gasteiger partial charge in [-0.1, -0.05) is 37.3 Å². The van der Waals surface area contributed by atoms with Crippen LogP contribution < -0.4 is 0 Å². The van der Waals surface area contributed by atoms with E-state index >= 15 is 0 Å². The molecule has 0 radical (unpaired) electrons. The molecule has 19 heavy (non-hydrogen) atoms. The van der Waals surface area contributed by atoms with Gasteiger partial charge >= 0.3 is 0 Å². The summed E-state index contributed by atoms with van der Waals surface area (Å²) in [4.78, 5) is 11.1. The van der Waals surface area contributed by atoms with Crippen LogP contribution in [-0.4, -0.2) is 29.8 Å². The Hall–Kier alpha value is -1.94. The molecule has 4 nitrogen and oxygen atoms in total. The Morgan fingerprint density at radius 1 is 1.37 bits per heavy atom. The standard InChI is InChI=1S/C15H18N2O2/c1-12(11-19-2)15-14(10-18)9-17(16-15)8-13-6-4-3-5-7-13/h3-7,9-10,12H,8,11H2,1-2H3. The number of hydrogen-bond donors (Lipinski definition) is 0. The normalized spacial score (nSPS) is 12.3. The number of methoxy groups -OCH3 is 1. The van der Waals surface area contributed by atoms with Crippen LogP contribution in [0.4, 0.5) is 0 Å². The second-order valence-corrected chi connectivity index (χ2v) is 4.63. The van der Waals surface area contributed by atoms with Crippen LogP contribution in [0.1, 0.15) is 34.5 Å². The summed E-state index contributed by atoms with van der Waals surface area (Å²) in [6.07, 6.45) is 2.65. The highest BCUT2D eigenvalue weighted by Crippen LogP contribution is 2.17. The van der Waals surface area contributed by atoms with E-state index < -0.39 is 0 Å². The minimum atomic E-state index is 0.113. The van der Waals surface area contributed by atoms with Crippen molar-refractivity contribution in [2.75, 3.05) is 13.7 Å². The molecule has 0 aliphatic heterocycles. The third kappa shape index (κ3) is 3.29. The van der Waals surface area contributed by atoms with Gasteiger partial charge in [-0.3, -0.25) is 9.48 Å². The number of ether oxygens (including phenoxy) is 1. The largest absolute Gasteiger partial charge is 0.384 e. The maximum atomic E-state index is 11.1. The van der Waals surface area contributed by atoms with Crippen LogP contribution in [0.3, 0.4) is 0 Å². The first-order valence-electron chi connectivity index (χ1n) is 6.30. The van der Waals surface area contributed by atoms with Gasteiger partial charge in [0.25, 0.3) is 0 Å². The van der Waals surface area contributed by atoms with Crippen molar-refractivity contribution in [3.8, 4) is 0 Å². The monoisotopic (exact) mass is 258 g/mol. The maximum absolute atomic E-state index is 11.1. The molecule has 2 aromatic rings. The Kier molecular flexibility index (Phi) is 4.47. The first-order valence-corrected chi connectivity index (χ1v) is 6.30. The van der Waals surface area contributed by atoms with Crippen LogP contribution in [-0.2, 0) is 11.3 Å². The lowest BCUT2D eigenvalue weighted by Crippen LogP contribution is -2.06. The molecule has 0 saturated carbocycles. The molecule has 0 N–H and O–H groups in total. The van der Waals surface area contributed by atoms with Crippen LogP contribution in [0.15, 0.2) is 36.5 Å². The van der Waals surface area contributed by atoms with Crippen molar-refractivity contribution in [2.45, 2.75) is 19.4 Å². The Morgan fingerprint density at radius 3 is 2.74 bits per heavy atom. The minimum Gasteiger partial charge on any atom is -0.384 e. The average molecular weight is 258 g/mol. The van der Waals surface area contributed by atoms with E-state index in [0.29, 0.717) is 18.7 Å². The van der Waals surface area contributed by atoms with Gasteiger partial charge in [0.15, 0.2) is 6.29 Å². The Labute approximate surface area is 113 Å². The quantitative estimate of drug-likeness (QED) is 0.748. The Bertz CT molecular complexity index is 534. The lowest BCUT2D eigenvalue weighted by Gasteiger charge is -2.07. The molecular formula is C15H18N2O2. The molecule has 100 valence electrons. The number of nitrogens with zero attached hydrogens (tertiary/aromatic N) is 2. The van der Waals surface area contributed by atoms with Crippen molar-refractivity contribution in [2.24, 2.45) is 0 Å². The molecule has 2 rings (SSSR count). The predicted octanol–water partition coefficient (Wildman–Crippen LogP) is 2.49. The van der Waals surface area contributed by atoms with Gasteiger partial charge in [-0.25, -0.2) is 0 Å². The van der Waals surface area contributed by atoms with Gasteiger partial charge in [0.2, 0.25) is 0 Å². The molecule has 1 atom stereocenters. The van der Waals surface area contributed by atoms with Crippen molar-refractivity contribution in [1.82, 2.24) is 9.78 Å². The number of aromatic nitrogens is 2. The number of hydrogen-bond acceptors (Lipinski definition) is 3. The highest BCUT2D eigenvalue weighted by Gasteiger charge is 2.15. The zero-order valence-electron chi connectivity index (χ0n) is 11.2. The summed E-state index contributed by atoms with van der Waals surface area (Å²) in [6, 6.07) is 10.1. The molecule has 1 unspecified atom stereocenters. The van der Waals surface area contributed by atoms with Crippen LogP contribution >= 0.6 is 0 Å². The first-order chi connectivity index (χ1) is 9.24. The van der Waals surface area contributed by atoms with Gasteiger partial charge in [-0.15, -0.1) is 0 Å². The lowest BCUT2D eigenvalue weighted by atomic mass is 10.1. The molecule has 0 fully saturated rings. The lowest BCUT2D eigenvalue weighted by molar-refractivity contribution is 0.112. The molecule has 1 aromatic carbocycles. The van der Waals surface area contributed by atoms with E-state index in [1.54, 1.807) is 18.0 Å². The summed E-state index contributed by atoms with van der Waals surface area (Å²) in [6.45, 7) is 3.23. The second kappa shape index (κ2) is 6.29. The second-order valence-electron chi connectivity index (χ2n) is 4.63. The summed E-state index contributed by atoms with van der Waals surface area (Å²) in [5.41, 5.74) is 2.60. The van der Waals surface area contributed by atoms with E-state index in [9.17, 15) is 4.79 Å². The molecule has 0 spiro atoms. The van der Waals surface area contributed by atoms with Crippen molar-refractivity contribution >= 4 is 6.29 Å². The van der Waals surface area contributed by atoms with Gasteiger partial charge < -0.3 is 4.74 Å². The Balaban J connectivity index is 2.21. The van der Waals surface area contributed by atoms with Crippen molar-refractivity contribution in [3.05, 3.63) is 53.3 Å². The molecule has 0 aliphatic carbocycles. The zero-order valence-corrected chi connectivity index (χ0v) is 11.2. The fourth-order valence-electron chi connectivity index (χ4n) is 2.11. The zero-order chi connectivity index (χ0) is 13.7. The van der Waals surface area contributed by atoms with Gasteiger partial charge in [0, 0.05) is 19.2 Å². The molecule has 1 heterocycles. The summed E-state index contributed by atoms with van der Waals surface area (Å²) in [7, 11) is 1.65. The Morgan fingerprint density at radius 2 is 2.11 bits per heavy atom. The fourth-order valence-corrected chi connectivity index (χ4v) is 2.11. The fraction of sp³-hybridized carbons (Fsp3) is 0.333. The summed E-state index contributed by atoms with van der Waals surface area (Å²) in [5.74, 6) is 0.113. The number of carbonyl (C=O) groups excluding carboxylic acids is 1. The number of aldehydes is 1. The van der Waals surface area contributed by atoms with E-state index in [4.69, 9.17) is 4.74 Å². The molecule has 4 heteroatoms. The van der Waals surface area contributed by atoms with Gasteiger partial charge in [-0.05, 0) is 5.56 Å². The first kappa shape index (κ1) is 13.5. The van der Waals surface area contributed by atoms with Crippen molar-refractivity contribution in [3.63, 3.8) is 0 Å². The van der Waals surface area contributed by atoms with E-state index in [0.717, 1.165) is 17.5 Å². The summed E-state index contributed by atoms with van der Waals surface area (Å²) in [5, 5.41) is 4.50. The highest BCUT2D eigenvalue weighted by atomic mass is 16.5. The predicted molar refractivity (Wildman–Crippen MR) is 73.4 cm³/mol. The van der Waals surface area contributed by atoms with Crippen molar-refractivity contribution in [1.29, 1.82) is 0 Å². The van der Waals surface area contributed by atoms with E-state index in [1.165, 1.54) is 0 Å². The third-order valence-corrected chi connectivity index (χ3v) is 3.02. The number of benzene rings is 1. The molecule has 1 aromatic heterocycles. The van der Waals surface area contributed by atoms with Crippen molar-refractivity contribution < 1.29 is 9.53 Å². The molecule has 0 bridgehead atoms. The van der Waals surface area contributed by atoms with Gasteiger partial charge in [0.05, 0.1) is 24.4 Å². The maximum Gasteiger partial charge on any atom is 0.153 e. The van der Waals surface area contributed by atoms with Crippen LogP contribution in [0.2, 0.25) is 0 Å². The van der Waals surface area contributed by atoms with Gasteiger partial charge in [0.1, 0.15) is 0 Å². The van der Waals surface area contributed by atoms with Crippen LogP contribution in [0, 0.1) is 0 Å². The molecular weight excluding hydrogens is 240 g/mol. The van der Waals surface area contributed by atoms with E-state index in [-0.39, 0.29) is 5.92 Å². The number of carbonyl (C=O) groups is 1. The SMILES string of the molecule is COCC(C)c1nn(Cc2ccccc2)cc1C=O. The van der Waals surface area contributed by atoms with Gasteiger partial charge in [-0.2, -0.15) is 5.10 Å². The summed E-state index contributed by atoms with van der Waals surface area (Å²) >= 11 is 0. The highest BCUT2D eigenvalue weighted by molar-refractivity contribution is 5.76. The molecule has 0 amide bonds. The van der Waals surface area contributed by atoms with Crippen LogP contribution in [0.5, 0.6) is 0 Å². The van der Waals surface area contributed by atoms with E-state index in [2.05, 4.69) is 5.10 Å². The molecule has 0 saturated heterocycles. The van der Waals surface area contributed by atoms with Crippen LogP contribution in [0.25, 0.3) is 0 Å².